The van der Waals surface area contributed by atoms with E-state index in [9.17, 15) is 9.59 Å². The molecule has 2 aromatic rings. The van der Waals surface area contributed by atoms with Crippen molar-refractivity contribution in [2.45, 2.75) is 52.0 Å². The molecule has 0 aliphatic heterocycles. The summed E-state index contributed by atoms with van der Waals surface area (Å²) in [5.41, 5.74) is 3.08. The van der Waals surface area contributed by atoms with Crippen LogP contribution in [0.1, 0.15) is 47.4 Å². The molecule has 3 rings (SSSR count). The maximum atomic E-state index is 13.0. The van der Waals surface area contributed by atoms with Crippen molar-refractivity contribution in [1.29, 1.82) is 0 Å². The van der Waals surface area contributed by atoms with E-state index in [1.807, 2.05) is 78.4 Å². The first-order valence-electron chi connectivity index (χ1n) is 10.9. The van der Waals surface area contributed by atoms with Crippen LogP contribution in [0.4, 0.5) is 0 Å². The van der Waals surface area contributed by atoms with Crippen LogP contribution in [0.15, 0.2) is 66.4 Å². The average molecular weight is 450 g/mol. The monoisotopic (exact) mass is 449 g/mol. The highest BCUT2D eigenvalue weighted by atomic mass is 16.5. The quantitative estimate of drug-likeness (QED) is 0.518. The fraction of sp³-hybridized carbons (Fsp3) is 0.333. The van der Waals surface area contributed by atoms with Crippen LogP contribution in [-0.4, -0.2) is 40.2 Å². The van der Waals surface area contributed by atoms with Gasteiger partial charge in [0.05, 0.1) is 18.4 Å². The number of ketones is 1. The minimum absolute atomic E-state index is 0.0101. The number of ether oxygens (including phenoxy) is 2. The SMILES string of the molecule is COC1C=CC(C(=O)c2cc(C)cn2C/C=C/c2ccc(COC(C)(C)C(=O)O)cc2)=CC1. The van der Waals surface area contributed by atoms with Gasteiger partial charge in [-0.1, -0.05) is 54.6 Å². The highest BCUT2D eigenvalue weighted by Crippen LogP contribution is 2.20. The van der Waals surface area contributed by atoms with Crippen LogP contribution in [0.3, 0.4) is 0 Å². The summed E-state index contributed by atoms with van der Waals surface area (Å²) in [7, 11) is 1.66. The van der Waals surface area contributed by atoms with Crippen molar-refractivity contribution in [3.05, 3.63) is 88.8 Å². The Labute approximate surface area is 194 Å². The van der Waals surface area contributed by atoms with Crippen molar-refractivity contribution in [2.24, 2.45) is 0 Å². The van der Waals surface area contributed by atoms with Gasteiger partial charge in [-0.25, -0.2) is 4.79 Å². The van der Waals surface area contributed by atoms with Crippen molar-refractivity contribution in [3.63, 3.8) is 0 Å². The standard InChI is InChI=1S/C27H31NO5/c1-19-16-24(25(29)22-11-13-23(32-4)14-12-22)28(17-19)15-5-6-20-7-9-21(10-8-20)18-33-27(2,3)26(30)31/h5-13,16-17,23H,14-15,18H2,1-4H3,(H,30,31)/b6-5+. The Balaban J connectivity index is 1.62. The zero-order chi connectivity index (χ0) is 24.0. The average Bonchev–Trinajstić information content (AvgIpc) is 3.18. The normalized spacial score (nSPS) is 16.2. The largest absolute Gasteiger partial charge is 0.479 e. The van der Waals surface area contributed by atoms with E-state index >= 15 is 0 Å². The second-order valence-electron chi connectivity index (χ2n) is 8.66. The lowest BCUT2D eigenvalue weighted by atomic mass is 10.00. The molecule has 1 aromatic carbocycles. The number of aromatic nitrogens is 1. The van der Waals surface area contributed by atoms with Crippen LogP contribution in [-0.2, 0) is 27.4 Å². The molecular formula is C27H31NO5. The number of hydrogen-bond acceptors (Lipinski definition) is 4. The van der Waals surface area contributed by atoms with Gasteiger partial charge >= 0.3 is 5.97 Å². The number of benzene rings is 1. The molecule has 6 heteroatoms. The maximum Gasteiger partial charge on any atom is 0.335 e. The Morgan fingerprint density at radius 1 is 1.24 bits per heavy atom. The summed E-state index contributed by atoms with van der Waals surface area (Å²) in [5, 5.41) is 9.14. The molecule has 1 atom stereocenters. The zero-order valence-electron chi connectivity index (χ0n) is 19.6. The lowest BCUT2D eigenvalue weighted by molar-refractivity contribution is -0.162. The molecule has 1 heterocycles. The molecule has 1 aliphatic carbocycles. The van der Waals surface area contributed by atoms with Gasteiger partial charge in [-0.05, 0) is 49.9 Å². The van der Waals surface area contributed by atoms with Crippen LogP contribution in [0, 0.1) is 6.92 Å². The van der Waals surface area contributed by atoms with E-state index in [1.165, 1.54) is 13.8 Å². The number of carboxylic acids is 1. The second kappa shape index (κ2) is 10.6. The topological polar surface area (TPSA) is 77.8 Å². The third-order valence-corrected chi connectivity index (χ3v) is 5.60. The lowest BCUT2D eigenvalue weighted by Gasteiger charge is -2.20. The molecule has 0 radical (unpaired) electrons. The van der Waals surface area contributed by atoms with Crippen molar-refractivity contribution in [3.8, 4) is 0 Å². The van der Waals surface area contributed by atoms with Crippen molar-refractivity contribution in [2.75, 3.05) is 7.11 Å². The van der Waals surface area contributed by atoms with Gasteiger partial charge in [0.25, 0.3) is 0 Å². The first-order valence-corrected chi connectivity index (χ1v) is 10.9. The van der Waals surface area contributed by atoms with E-state index in [-0.39, 0.29) is 18.5 Å². The Kier molecular flexibility index (Phi) is 7.84. The summed E-state index contributed by atoms with van der Waals surface area (Å²) >= 11 is 0. The highest BCUT2D eigenvalue weighted by molar-refractivity contribution is 6.09. The number of allylic oxidation sites excluding steroid dienone is 3. The number of rotatable bonds is 10. The van der Waals surface area contributed by atoms with Crippen LogP contribution in [0.25, 0.3) is 6.08 Å². The molecule has 0 spiro atoms. The zero-order valence-corrected chi connectivity index (χ0v) is 19.6. The van der Waals surface area contributed by atoms with Gasteiger partial charge in [-0.2, -0.15) is 0 Å². The summed E-state index contributed by atoms with van der Waals surface area (Å²) in [4.78, 5) is 24.2. The molecule has 1 unspecified atom stereocenters. The van der Waals surface area contributed by atoms with Gasteiger partial charge in [-0.3, -0.25) is 4.79 Å². The van der Waals surface area contributed by atoms with Crippen LogP contribution in [0.2, 0.25) is 0 Å². The molecule has 0 amide bonds. The maximum absolute atomic E-state index is 13.0. The smallest absolute Gasteiger partial charge is 0.335 e. The highest BCUT2D eigenvalue weighted by Gasteiger charge is 2.27. The minimum atomic E-state index is -1.22. The first kappa shape index (κ1) is 24.4. The molecule has 174 valence electrons. The summed E-state index contributed by atoms with van der Waals surface area (Å²) < 4.78 is 12.8. The Morgan fingerprint density at radius 3 is 2.58 bits per heavy atom. The fourth-order valence-electron chi connectivity index (χ4n) is 3.44. The third kappa shape index (κ3) is 6.40. The molecule has 1 aromatic heterocycles. The van der Waals surface area contributed by atoms with Gasteiger partial charge in [0.1, 0.15) is 0 Å². The molecule has 0 saturated carbocycles. The Bertz CT molecular complexity index is 1090. The van der Waals surface area contributed by atoms with Gasteiger partial charge in [0.2, 0.25) is 5.78 Å². The molecule has 1 aliphatic rings. The summed E-state index contributed by atoms with van der Waals surface area (Å²) in [5.74, 6) is -0.980. The fourth-order valence-corrected chi connectivity index (χ4v) is 3.44. The van der Waals surface area contributed by atoms with Crippen molar-refractivity contribution >= 4 is 17.8 Å². The molecule has 0 saturated heterocycles. The van der Waals surface area contributed by atoms with E-state index in [0.717, 1.165) is 16.7 Å². The number of aliphatic carboxylic acids is 1. The number of aryl methyl sites for hydroxylation is 1. The number of hydrogen-bond donors (Lipinski definition) is 1. The third-order valence-electron chi connectivity index (χ3n) is 5.60. The predicted molar refractivity (Wildman–Crippen MR) is 128 cm³/mol. The van der Waals surface area contributed by atoms with E-state index in [4.69, 9.17) is 14.6 Å². The number of nitrogens with zero attached hydrogens (tertiary/aromatic N) is 1. The van der Waals surface area contributed by atoms with Crippen LogP contribution in [0.5, 0.6) is 0 Å². The van der Waals surface area contributed by atoms with Gasteiger partial charge in [-0.15, -0.1) is 0 Å². The van der Waals surface area contributed by atoms with E-state index < -0.39 is 11.6 Å². The van der Waals surface area contributed by atoms with Crippen molar-refractivity contribution < 1.29 is 24.2 Å². The summed E-state index contributed by atoms with van der Waals surface area (Å²) in [6.07, 6.45) is 12.4. The first-order chi connectivity index (χ1) is 15.7. The molecular weight excluding hydrogens is 418 g/mol. The number of methoxy groups -OCH3 is 1. The summed E-state index contributed by atoms with van der Waals surface area (Å²) in [6, 6.07) is 9.67. The number of carbonyl (C=O) groups is 2. The molecule has 1 N–H and O–H groups in total. The lowest BCUT2D eigenvalue weighted by Crippen LogP contribution is -2.34. The predicted octanol–water partition coefficient (Wildman–Crippen LogP) is 4.97. The Hall–Kier alpha value is -3.22. The van der Waals surface area contributed by atoms with Gasteiger partial charge in [0.15, 0.2) is 5.60 Å². The Morgan fingerprint density at radius 2 is 1.97 bits per heavy atom. The van der Waals surface area contributed by atoms with E-state index in [0.29, 0.717) is 24.2 Å². The van der Waals surface area contributed by atoms with E-state index in [1.54, 1.807) is 7.11 Å². The number of Topliss-reactive ketones (excluding diaryl/α,β-unsaturated/α-hetero) is 1. The molecule has 33 heavy (non-hydrogen) atoms. The molecule has 6 nitrogen and oxygen atoms in total. The van der Waals surface area contributed by atoms with E-state index in [2.05, 4.69) is 0 Å². The molecule has 0 fully saturated rings. The molecule has 0 bridgehead atoms. The van der Waals surface area contributed by atoms with Gasteiger partial charge in [0, 0.05) is 25.4 Å². The van der Waals surface area contributed by atoms with Crippen LogP contribution >= 0.6 is 0 Å². The van der Waals surface area contributed by atoms with Crippen molar-refractivity contribution in [1.82, 2.24) is 4.57 Å². The number of carboxylic acid groups (broad SMARTS) is 1. The van der Waals surface area contributed by atoms with Crippen LogP contribution < -0.4 is 0 Å². The minimum Gasteiger partial charge on any atom is -0.479 e. The number of carbonyl (C=O) groups excluding carboxylic acids is 1. The summed E-state index contributed by atoms with van der Waals surface area (Å²) in [6.45, 7) is 5.85. The second-order valence-corrected chi connectivity index (χ2v) is 8.66. The van der Waals surface area contributed by atoms with Gasteiger partial charge < -0.3 is 19.1 Å².